The third kappa shape index (κ3) is 1.78. The van der Waals surface area contributed by atoms with Gasteiger partial charge in [0.15, 0.2) is 0 Å². The van der Waals surface area contributed by atoms with Crippen molar-refractivity contribution < 1.29 is 4.79 Å². The lowest BCUT2D eigenvalue weighted by Gasteiger charge is -2.04. The van der Waals surface area contributed by atoms with Crippen LogP contribution in [0.25, 0.3) is 11.3 Å². The second kappa shape index (κ2) is 3.97. The Labute approximate surface area is 98.9 Å². The van der Waals surface area contributed by atoms with Gasteiger partial charge >= 0.3 is 0 Å². The summed E-state index contributed by atoms with van der Waals surface area (Å²) in [6.45, 7) is 1.40. The molecular weight excluding hydrogens is 214 g/mol. The molecule has 0 unspecified atom stereocenters. The molecule has 0 N–H and O–H groups in total. The topological polar surface area (TPSA) is 46.1 Å². The minimum absolute atomic E-state index is 0.687. The van der Waals surface area contributed by atoms with Crippen LogP contribution in [-0.2, 0) is 17.9 Å². The van der Waals surface area contributed by atoms with Gasteiger partial charge in [0, 0.05) is 31.0 Å². The summed E-state index contributed by atoms with van der Waals surface area (Å²) in [6.07, 6.45) is 5.97. The molecule has 0 saturated carbocycles. The normalized spacial score (nSPS) is 13.5. The van der Waals surface area contributed by atoms with Gasteiger partial charge in [0.2, 0.25) is 6.41 Å². The molecule has 84 valence electrons. The van der Waals surface area contributed by atoms with Gasteiger partial charge in [-0.2, -0.15) is 0 Å². The minimum Gasteiger partial charge on any atom is -0.337 e. The molecule has 2 aromatic rings. The maximum absolute atomic E-state index is 10.7. The Morgan fingerprint density at radius 1 is 1.18 bits per heavy atom. The summed E-state index contributed by atoms with van der Waals surface area (Å²) in [5.74, 6) is 0. The van der Waals surface area contributed by atoms with E-state index in [1.165, 1.54) is 11.1 Å². The fraction of sp³-hybridized carbons (Fsp3) is 0.154. The number of hydrogen-bond acceptors (Lipinski definition) is 3. The lowest BCUT2D eigenvalue weighted by molar-refractivity contribution is -0.118. The van der Waals surface area contributed by atoms with E-state index in [0.717, 1.165) is 17.7 Å². The van der Waals surface area contributed by atoms with E-state index in [2.05, 4.69) is 22.1 Å². The van der Waals surface area contributed by atoms with E-state index in [-0.39, 0.29) is 0 Å². The molecule has 0 spiro atoms. The Morgan fingerprint density at radius 3 is 2.82 bits per heavy atom. The minimum atomic E-state index is 0.687. The molecule has 0 fully saturated rings. The average molecular weight is 225 g/mol. The first-order valence-electron chi connectivity index (χ1n) is 5.44. The summed E-state index contributed by atoms with van der Waals surface area (Å²) in [7, 11) is 0. The standard InChI is InChI=1S/C13H11N3O/c17-9-16-7-11-2-1-10(5-12(11)8-16)13-6-14-3-4-15-13/h1-6,9H,7-8H2. The third-order valence-corrected chi connectivity index (χ3v) is 2.96. The van der Waals surface area contributed by atoms with Crippen molar-refractivity contribution in [2.24, 2.45) is 0 Å². The fourth-order valence-electron chi connectivity index (χ4n) is 2.10. The molecule has 1 aliphatic heterocycles. The Morgan fingerprint density at radius 2 is 2.06 bits per heavy atom. The molecule has 4 heteroatoms. The maximum atomic E-state index is 10.7. The first kappa shape index (κ1) is 9.96. The number of amides is 1. The number of aromatic nitrogens is 2. The largest absolute Gasteiger partial charge is 0.337 e. The van der Waals surface area contributed by atoms with Crippen molar-refractivity contribution in [1.82, 2.24) is 14.9 Å². The summed E-state index contributed by atoms with van der Waals surface area (Å²) in [4.78, 5) is 20.8. The van der Waals surface area contributed by atoms with Crippen molar-refractivity contribution in [2.75, 3.05) is 0 Å². The Hall–Kier alpha value is -2.23. The molecule has 0 bridgehead atoms. The van der Waals surface area contributed by atoms with E-state index < -0.39 is 0 Å². The van der Waals surface area contributed by atoms with Crippen LogP contribution in [0.2, 0.25) is 0 Å². The van der Waals surface area contributed by atoms with E-state index >= 15 is 0 Å². The number of nitrogens with zero attached hydrogens (tertiary/aromatic N) is 3. The second-order valence-electron chi connectivity index (χ2n) is 4.08. The highest BCUT2D eigenvalue weighted by atomic mass is 16.1. The molecule has 1 amide bonds. The predicted octanol–water partition coefficient (Wildman–Crippen LogP) is 1.62. The quantitative estimate of drug-likeness (QED) is 0.729. The lowest BCUT2D eigenvalue weighted by atomic mass is 10.0. The van der Waals surface area contributed by atoms with Gasteiger partial charge in [-0.05, 0) is 17.2 Å². The molecule has 4 nitrogen and oxygen atoms in total. The Bertz CT molecular complexity index is 554. The molecule has 3 rings (SSSR count). The number of carbonyl (C=O) groups excluding carboxylic acids is 1. The van der Waals surface area contributed by atoms with Gasteiger partial charge in [0.25, 0.3) is 0 Å². The fourth-order valence-corrected chi connectivity index (χ4v) is 2.10. The van der Waals surface area contributed by atoms with Crippen molar-refractivity contribution >= 4 is 6.41 Å². The molecule has 1 aromatic heterocycles. The van der Waals surface area contributed by atoms with Crippen LogP contribution < -0.4 is 0 Å². The molecular formula is C13H11N3O. The number of benzene rings is 1. The highest BCUT2D eigenvalue weighted by molar-refractivity contribution is 5.61. The van der Waals surface area contributed by atoms with Gasteiger partial charge in [0.1, 0.15) is 0 Å². The first-order chi connectivity index (χ1) is 8.36. The lowest BCUT2D eigenvalue weighted by Crippen LogP contribution is -2.12. The van der Waals surface area contributed by atoms with E-state index in [0.29, 0.717) is 13.1 Å². The monoisotopic (exact) mass is 225 g/mol. The van der Waals surface area contributed by atoms with E-state index in [1.807, 2.05) is 6.07 Å². The number of rotatable bonds is 2. The van der Waals surface area contributed by atoms with Gasteiger partial charge in [-0.3, -0.25) is 14.8 Å². The first-order valence-corrected chi connectivity index (χ1v) is 5.44. The van der Waals surface area contributed by atoms with Crippen molar-refractivity contribution in [1.29, 1.82) is 0 Å². The summed E-state index contributed by atoms with van der Waals surface area (Å²) >= 11 is 0. The zero-order chi connectivity index (χ0) is 11.7. The third-order valence-electron chi connectivity index (χ3n) is 2.96. The zero-order valence-electron chi connectivity index (χ0n) is 9.21. The van der Waals surface area contributed by atoms with Crippen molar-refractivity contribution in [3.63, 3.8) is 0 Å². The van der Waals surface area contributed by atoms with Gasteiger partial charge in [0.05, 0.1) is 11.9 Å². The van der Waals surface area contributed by atoms with Crippen molar-refractivity contribution in [3.8, 4) is 11.3 Å². The van der Waals surface area contributed by atoms with Crippen LogP contribution in [0.3, 0.4) is 0 Å². The molecule has 2 heterocycles. The van der Waals surface area contributed by atoms with E-state index in [4.69, 9.17) is 0 Å². The van der Waals surface area contributed by atoms with Gasteiger partial charge in [-0.15, -0.1) is 0 Å². The summed E-state index contributed by atoms with van der Waals surface area (Å²) in [5.41, 5.74) is 4.31. The van der Waals surface area contributed by atoms with Crippen LogP contribution >= 0.6 is 0 Å². The van der Waals surface area contributed by atoms with Crippen LogP contribution in [0.5, 0.6) is 0 Å². The van der Waals surface area contributed by atoms with Crippen molar-refractivity contribution in [3.05, 3.63) is 47.9 Å². The highest BCUT2D eigenvalue weighted by Gasteiger charge is 2.17. The Kier molecular flexibility index (Phi) is 2.33. The van der Waals surface area contributed by atoms with E-state index in [9.17, 15) is 4.79 Å². The number of fused-ring (bicyclic) bond motifs is 1. The molecule has 1 aromatic carbocycles. The molecule has 0 atom stereocenters. The van der Waals surface area contributed by atoms with Crippen LogP contribution in [-0.4, -0.2) is 21.3 Å². The van der Waals surface area contributed by atoms with Crippen LogP contribution in [0.4, 0.5) is 0 Å². The average Bonchev–Trinajstić information content (AvgIpc) is 2.81. The second-order valence-corrected chi connectivity index (χ2v) is 4.08. The SMILES string of the molecule is O=CN1Cc2ccc(-c3cnccn3)cc2C1. The molecule has 0 saturated heterocycles. The summed E-state index contributed by atoms with van der Waals surface area (Å²) in [6, 6.07) is 6.17. The van der Waals surface area contributed by atoms with Crippen LogP contribution in [0.1, 0.15) is 11.1 Å². The molecule has 17 heavy (non-hydrogen) atoms. The smallest absolute Gasteiger partial charge is 0.210 e. The Balaban J connectivity index is 1.99. The molecule has 1 aliphatic rings. The predicted molar refractivity (Wildman–Crippen MR) is 62.8 cm³/mol. The number of carbonyl (C=O) groups is 1. The van der Waals surface area contributed by atoms with Crippen LogP contribution in [0.15, 0.2) is 36.8 Å². The zero-order valence-corrected chi connectivity index (χ0v) is 9.21. The summed E-state index contributed by atoms with van der Waals surface area (Å²) < 4.78 is 0. The van der Waals surface area contributed by atoms with E-state index in [1.54, 1.807) is 23.5 Å². The van der Waals surface area contributed by atoms with Gasteiger partial charge < -0.3 is 4.90 Å². The van der Waals surface area contributed by atoms with Crippen LogP contribution in [0, 0.1) is 0 Å². The molecule has 0 radical (unpaired) electrons. The van der Waals surface area contributed by atoms with Gasteiger partial charge in [-0.25, -0.2) is 0 Å². The summed E-state index contributed by atoms with van der Waals surface area (Å²) in [5, 5.41) is 0. The number of hydrogen-bond donors (Lipinski definition) is 0. The van der Waals surface area contributed by atoms with Gasteiger partial charge in [-0.1, -0.05) is 12.1 Å². The maximum Gasteiger partial charge on any atom is 0.210 e. The molecule has 0 aliphatic carbocycles. The van der Waals surface area contributed by atoms with Crippen molar-refractivity contribution in [2.45, 2.75) is 13.1 Å². The highest BCUT2D eigenvalue weighted by Crippen LogP contribution is 2.26.